The van der Waals surface area contributed by atoms with Crippen molar-refractivity contribution in [1.82, 2.24) is 5.32 Å². The molecular formula is C8H15NO4. The fourth-order valence-corrected chi connectivity index (χ4v) is 0.837. The van der Waals surface area contributed by atoms with E-state index >= 15 is 0 Å². The monoisotopic (exact) mass is 189 g/mol. The number of aliphatic carboxylic acids is 1. The number of carboxylic acids is 1. The van der Waals surface area contributed by atoms with Gasteiger partial charge in [-0.25, -0.2) is 0 Å². The van der Waals surface area contributed by atoms with E-state index in [9.17, 15) is 9.59 Å². The van der Waals surface area contributed by atoms with Gasteiger partial charge < -0.3 is 15.5 Å². The van der Waals surface area contributed by atoms with Crippen LogP contribution in [0, 0.1) is 0 Å². The predicted molar refractivity (Wildman–Crippen MR) is 46.2 cm³/mol. The summed E-state index contributed by atoms with van der Waals surface area (Å²) in [6, 6.07) is 0. The minimum atomic E-state index is -1.04. The fourth-order valence-electron chi connectivity index (χ4n) is 0.837. The summed E-state index contributed by atoms with van der Waals surface area (Å²) in [4.78, 5) is 20.9. The van der Waals surface area contributed by atoms with E-state index in [4.69, 9.17) is 10.2 Å². The SMILES string of the molecule is O=C(O)CNC(=O)CCCCCO. The number of amides is 1. The molecule has 0 aromatic carbocycles. The van der Waals surface area contributed by atoms with Crippen LogP contribution in [0.5, 0.6) is 0 Å². The maximum atomic E-state index is 10.9. The van der Waals surface area contributed by atoms with Gasteiger partial charge in [-0.2, -0.15) is 0 Å². The van der Waals surface area contributed by atoms with Gasteiger partial charge in [-0.3, -0.25) is 9.59 Å². The van der Waals surface area contributed by atoms with Gasteiger partial charge in [0.1, 0.15) is 6.54 Å². The summed E-state index contributed by atoms with van der Waals surface area (Å²) in [6.45, 7) is -0.185. The average molecular weight is 189 g/mol. The first-order valence-electron chi connectivity index (χ1n) is 4.26. The molecule has 0 unspecified atom stereocenters. The number of aliphatic hydroxyl groups is 1. The highest BCUT2D eigenvalue weighted by molar-refractivity contribution is 5.80. The number of carboxylic acid groups (broad SMARTS) is 1. The van der Waals surface area contributed by atoms with Gasteiger partial charge in [0.2, 0.25) is 5.91 Å². The van der Waals surface area contributed by atoms with Crippen molar-refractivity contribution in [3.8, 4) is 0 Å². The standard InChI is InChI=1S/C8H15NO4/c10-5-3-1-2-4-7(11)9-6-8(12)13/h10H,1-6H2,(H,9,11)(H,12,13). The summed E-state index contributed by atoms with van der Waals surface area (Å²) in [5, 5.41) is 18.9. The Morgan fingerprint density at radius 2 is 1.85 bits per heavy atom. The predicted octanol–water partition coefficient (Wildman–Crippen LogP) is -0.260. The first-order valence-corrected chi connectivity index (χ1v) is 4.26. The summed E-state index contributed by atoms with van der Waals surface area (Å²) < 4.78 is 0. The molecule has 0 radical (unpaired) electrons. The Kier molecular flexibility index (Phi) is 6.91. The average Bonchev–Trinajstić information content (AvgIpc) is 2.09. The second-order valence-electron chi connectivity index (χ2n) is 2.70. The van der Waals surface area contributed by atoms with E-state index in [2.05, 4.69) is 5.32 Å². The molecule has 0 spiro atoms. The lowest BCUT2D eigenvalue weighted by molar-refractivity contribution is -0.137. The largest absolute Gasteiger partial charge is 0.480 e. The number of unbranched alkanes of at least 4 members (excludes halogenated alkanes) is 2. The first-order chi connectivity index (χ1) is 6.16. The van der Waals surface area contributed by atoms with Gasteiger partial charge in [0.15, 0.2) is 0 Å². The Labute approximate surface area is 76.8 Å². The van der Waals surface area contributed by atoms with Gasteiger partial charge in [0, 0.05) is 13.0 Å². The number of hydrogen-bond acceptors (Lipinski definition) is 3. The van der Waals surface area contributed by atoms with Crippen LogP contribution < -0.4 is 5.32 Å². The van der Waals surface area contributed by atoms with Gasteiger partial charge in [-0.1, -0.05) is 6.42 Å². The number of rotatable bonds is 7. The minimum Gasteiger partial charge on any atom is -0.480 e. The maximum absolute atomic E-state index is 10.9. The summed E-state index contributed by atoms with van der Waals surface area (Å²) in [5.41, 5.74) is 0. The third-order valence-corrected chi connectivity index (χ3v) is 1.50. The lowest BCUT2D eigenvalue weighted by atomic mass is 10.2. The second kappa shape index (κ2) is 7.54. The molecule has 0 heterocycles. The van der Waals surface area contributed by atoms with Gasteiger partial charge in [-0.05, 0) is 12.8 Å². The normalized spacial score (nSPS) is 9.62. The van der Waals surface area contributed by atoms with E-state index in [0.29, 0.717) is 19.3 Å². The molecule has 13 heavy (non-hydrogen) atoms. The third kappa shape index (κ3) is 8.81. The van der Waals surface area contributed by atoms with Crippen LogP contribution in [-0.2, 0) is 9.59 Å². The van der Waals surface area contributed by atoms with Crippen LogP contribution in [0.1, 0.15) is 25.7 Å². The summed E-state index contributed by atoms with van der Waals surface area (Å²) in [7, 11) is 0. The molecule has 5 nitrogen and oxygen atoms in total. The first kappa shape index (κ1) is 11.9. The minimum absolute atomic E-state index is 0.136. The zero-order valence-electron chi connectivity index (χ0n) is 7.45. The van der Waals surface area contributed by atoms with E-state index in [1.807, 2.05) is 0 Å². The molecule has 0 aromatic heterocycles. The zero-order valence-corrected chi connectivity index (χ0v) is 7.45. The molecule has 76 valence electrons. The molecule has 0 saturated carbocycles. The topological polar surface area (TPSA) is 86.6 Å². The van der Waals surface area contributed by atoms with E-state index < -0.39 is 5.97 Å². The molecule has 0 aliphatic heterocycles. The maximum Gasteiger partial charge on any atom is 0.322 e. The highest BCUT2D eigenvalue weighted by atomic mass is 16.4. The summed E-state index contributed by atoms with van der Waals surface area (Å²) in [5.74, 6) is -1.29. The summed E-state index contributed by atoms with van der Waals surface area (Å²) in [6.07, 6.45) is 2.49. The van der Waals surface area contributed by atoms with Crippen LogP contribution in [0.3, 0.4) is 0 Å². The van der Waals surface area contributed by atoms with Crippen LogP contribution in [0.2, 0.25) is 0 Å². The van der Waals surface area contributed by atoms with Crippen molar-refractivity contribution in [3.05, 3.63) is 0 Å². The second-order valence-corrected chi connectivity index (χ2v) is 2.70. The zero-order chi connectivity index (χ0) is 10.1. The van der Waals surface area contributed by atoms with Crippen LogP contribution >= 0.6 is 0 Å². The summed E-state index contributed by atoms with van der Waals surface area (Å²) >= 11 is 0. The lowest BCUT2D eigenvalue weighted by Gasteiger charge is -2.01. The number of nitrogens with one attached hydrogen (secondary N) is 1. The highest BCUT2D eigenvalue weighted by Gasteiger charge is 2.02. The molecular weight excluding hydrogens is 174 g/mol. The van der Waals surface area contributed by atoms with Crippen LogP contribution in [0.25, 0.3) is 0 Å². The molecule has 3 N–H and O–H groups in total. The number of hydrogen-bond donors (Lipinski definition) is 3. The number of aliphatic hydroxyl groups excluding tert-OH is 1. The molecule has 0 fully saturated rings. The van der Waals surface area contributed by atoms with Crippen molar-refractivity contribution < 1.29 is 19.8 Å². The molecule has 1 amide bonds. The Bertz CT molecular complexity index is 170. The van der Waals surface area contributed by atoms with Crippen LogP contribution in [0.15, 0.2) is 0 Å². The molecule has 0 aliphatic carbocycles. The van der Waals surface area contributed by atoms with Gasteiger partial charge >= 0.3 is 5.97 Å². The Balaban J connectivity index is 3.25. The molecule has 0 rings (SSSR count). The number of carbonyl (C=O) groups excluding carboxylic acids is 1. The quantitative estimate of drug-likeness (QED) is 0.481. The van der Waals surface area contributed by atoms with E-state index in [1.54, 1.807) is 0 Å². The van der Waals surface area contributed by atoms with Crippen molar-refractivity contribution in [2.45, 2.75) is 25.7 Å². The van der Waals surface area contributed by atoms with Gasteiger partial charge in [0.05, 0.1) is 0 Å². The molecule has 0 atom stereocenters. The van der Waals surface area contributed by atoms with Gasteiger partial charge in [-0.15, -0.1) is 0 Å². The Morgan fingerprint density at radius 1 is 1.15 bits per heavy atom. The van der Waals surface area contributed by atoms with E-state index in [-0.39, 0.29) is 19.1 Å². The Morgan fingerprint density at radius 3 is 2.38 bits per heavy atom. The molecule has 0 aliphatic rings. The third-order valence-electron chi connectivity index (χ3n) is 1.50. The van der Waals surface area contributed by atoms with Crippen molar-refractivity contribution in [1.29, 1.82) is 0 Å². The van der Waals surface area contributed by atoms with E-state index in [0.717, 1.165) is 6.42 Å². The van der Waals surface area contributed by atoms with E-state index in [1.165, 1.54) is 0 Å². The van der Waals surface area contributed by atoms with Crippen LogP contribution in [0.4, 0.5) is 0 Å². The smallest absolute Gasteiger partial charge is 0.322 e. The lowest BCUT2D eigenvalue weighted by Crippen LogP contribution is -2.28. The Hall–Kier alpha value is -1.10. The molecule has 0 saturated heterocycles. The van der Waals surface area contributed by atoms with Crippen LogP contribution in [-0.4, -0.2) is 35.2 Å². The molecule has 0 aromatic rings. The highest BCUT2D eigenvalue weighted by Crippen LogP contribution is 1.98. The number of carbonyl (C=O) groups is 2. The molecule has 5 heteroatoms. The fraction of sp³-hybridized carbons (Fsp3) is 0.750. The van der Waals surface area contributed by atoms with Crippen molar-refractivity contribution in [3.63, 3.8) is 0 Å². The van der Waals surface area contributed by atoms with Crippen molar-refractivity contribution in [2.24, 2.45) is 0 Å². The van der Waals surface area contributed by atoms with Crippen molar-refractivity contribution >= 4 is 11.9 Å². The van der Waals surface area contributed by atoms with Crippen molar-refractivity contribution in [2.75, 3.05) is 13.2 Å². The molecule has 0 bridgehead atoms. The van der Waals surface area contributed by atoms with Gasteiger partial charge in [0.25, 0.3) is 0 Å².